The molecule has 0 saturated heterocycles. The summed E-state index contributed by atoms with van der Waals surface area (Å²) in [6.45, 7) is 3.92. The summed E-state index contributed by atoms with van der Waals surface area (Å²) in [5.41, 5.74) is 1.99. The molecule has 1 amide bonds. The Bertz CT molecular complexity index is 595. The highest BCUT2D eigenvalue weighted by Gasteiger charge is 2.06. The second-order valence-electron chi connectivity index (χ2n) is 4.18. The summed E-state index contributed by atoms with van der Waals surface area (Å²) in [5.74, 6) is 0.916. The van der Waals surface area contributed by atoms with Crippen LogP contribution >= 0.6 is 15.9 Å². The number of rotatable bonds is 4. The Morgan fingerprint density at radius 1 is 1.37 bits per heavy atom. The van der Waals surface area contributed by atoms with E-state index in [1.54, 1.807) is 13.0 Å². The smallest absolute Gasteiger partial charge is 0.244 e. The zero-order valence-corrected chi connectivity index (χ0v) is 12.2. The molecule has 6 heteroatoms. The molecule has 0 aliphatic rings. The molecule has 0 aliphatic heterocycles. The van der Waals surface area contributed by atoms with Crippen LogP contribution in [0.2, 0.25) is 0 Å². The second-order valence-corrected chi connectivity index (χ2v) is 5.10. The number of benzene rings is 1. The maximum atomic E-state index is 11.7. The molecular formula is C13H14BrN3O2. The number of halogens is 1. The molecule has 2 N–H and O–H groups in total. The summed E-state index contributed by atoms with van der Waals surface area (Å²) in [6.07, 6.45) is 0. The van der Waals surface area contributed by atoms with Crippen LogP contribution in [0.25, 0.3) is 0 Å². The Kier molecular flexibility index (Phi) is 4.21. The van der Waals surface area contributed by atoms with E-state index in [-0.39, 0.29) is 12.5 Å². The highest BCUT2D eigenvalue weighted by molar-refractivity contribution is 9.10. The van der Waals surface area contributed by atoms with Crippen molar-refractivity contribution in [1.29, 1.82) is 0 Å². The highest BCUT2D eigenvalue weighted by Crippen LogP contribution is 2.19. The van der Waals surface area contributed by atoms with Crippen molar-refractivity contribution in [2.75, 3.05) is 17.2 Å². The van der Waals surface area contributed by atoms with Crippen molar-refractivity contribution >= 4 is 33.3 Å². The molecule has 1 heterocycles. The van der Waals surface area contributed by atoms with E-state index in [1.165, 1.54) is 0 Å². The quantitative estimate of drug-likeness (QED) is 0.907. The first kappa shape index (κ1) is 13.6. The van der Waals surface area contributed by atoms with E-state index in [4.69, 9.17) is 4.52 Å². The molecule has 1 aromatic carbocycles. The van der Waals surface area contributed by atoms with Gasteiger partial charge in [0.25, 0.3) is 0 Å². The van der Waals surface area contributed by atoms with Gasteiger partial charge in [0.05, 0.1) is 6.54 Å². The average molecular weight is 324 g/mol. The van der Waals surface area contributed by atoms with E-state index in [0.29, 0.717) is 11.6 Å². The monoisotopic (exact) mass is 323 g/mol. The number of carbonyl (C=O) groups excluding carboxylic acids is 1. The number of nitrogens with one attached hydrogen (secondary N) is 2. The lowest BCUT2D eigenvalue weighted by Gasteiger charge is -2.09. The molecule has 1 aromatic heterocycles. The van der Waals surface area contributed by atoms with Gasteiger partial charge in [0.1, 0.15) is 5.76 Å². The number of hydrogen-bond acceptors (Lipinski definition) is 4. The number of amides is 1. The van der Waals surface area contributed by atoms with Crippen molar-refractivity contribution in [3.05, 3.63) is 40.1 Å². The third-order valence-corrected chi connectivity index (χ3v) is 3.02. The van der Waals surface area contributed by atoms with Crippen LogP contribution in [-0.2, 0) is 4.79 Å². The molecule has 0 atom stereocenters. The molecule has 100 valence electrons. The molecule has 2 aromatic rings. The van der Waals surface area contributed by atoms with Crippen LogP contribution in [0.15, 0.2) is 33.3 Å². The lowest BCUT2D eigenvalue weighted by atomic mass is 10.2. The zero-order valence-electron chi connectivity index (χ0n) is 10.7. The molecule has 0 unspecified atom stereocenters. The summed E-state index contributed by atoms with van der Waals surface area (Å²) in [5, 5.41) is 9.42. The predicted octanol–water partition coefficient (Wildman–Crippen LogP) is 3.10. The largest absolute Gasteiger partial charge is 0.376 e. The van der Waals surface area contributed by atoms with E-state index in [2.05, 4.69) is 31.7 Å². The number of anilines is 2. The van der Waals surface area contributed by atoms with Gasteiger partial charge < -0.3 is 15.2 Å². The molecule has 0 spiro atoms. The van der Waals surface area contributed by atoms with Crippen LogP contribution in [0.3, 0.4) is 0 Å². The summed E-state index contributed by atoms with van der Waals surface area (Å²) in [4.78, 5) is 11.7. The topological polar surface area (TPSA) is 67.2 Å². The summed E-state index contributed by atoms with van der Waals surface area (Å²) < 4.78 is 5.88. The van der Waals surface area contributed by atoms with Crippen LogP contribution in [0.5, 0.6) is 0 Å². The van der Waals surface area contributed by atoms with Gasteiger partial charge in [-0.15, -0.1) is 0 Å². The first-order valence-corrected chi connectivity index (χ1v) is 6.57. The van der Waals surface area contributed by atoms with Crippen molar-refractivity contribution in [3.8, 4) is 0 Å². The van der Waals surface area contributed by atoms with Crippen LogP contribution in [-0.4, -0.2) is 17.6 Å². The molecule has 0 radical (unpaired) electrons. The zero-order chi connectivity index (χ0) is 13.8. The first-order chi connectivity index (χ1) is 9.04. The van der Waals surface area contributed by atoms with Crippen LogP contribution in [0.1, 0.15) is 11.3 Å². The van der Waals surface area contributed by atoms with Gasteiger partial charge in [0.2, 0.25) is 5.91 Å². The Balaban J connectivity index is 1.89. The standard InChI is InChI=1S/C13H14BrN3O2/c1-8-5-10(14)3-4-11(8)15-7-13(18)16-12-6-9(2)19-17-12/h3-6,15H,7H2,1-2H3,(H,16,17,18). The fraction of sp³-hybridized carbons (Fsp3) is 0.231. The lowest BCUT2D eigenvalue weighted by Crippen LogP contribution is -2.22. The minimum absolute atomic E-state index is 0.171. The SMILES string of the molecule is Cc1cc(NC(=O)CNc2ccc(Br)cc2C)no1. The predicted molar refractivity (Wildman–Crippen MR) is 77.2 cm³/mol. The number of nitrogens with zero attached hydrogens (tertiary/aromatic N) is 1. The van der Waals surface area contributed by atoms with Crippen LogP contribution in [0.4, 0.5) is 11.5 Å². The Hall–Kier alpha value is -1.82. The van der Waals surface area contributed by atoms with Crippen LogP contribution in [0, 0.1) is 13.8 Å². The third kappa shape index (κ3) is 3.82. The molecular weight excluding hydrogens is 310 g/mol. The van der Waals surface area contributed by atoms with Gasteiger partial charge in [-0.05, 0) is 37.6 Å². The van der Waals surface area contributed by atoms with Crippen molar-refractivity contribution < 1.29 is 9.32 Å². The van der Waals surface area contributed by atoms with E-state index < -0.39 is 0 Å². The van der Waals surface area contributed by atoms with Gasteiger partial charge >= 0.3 is 0 Å². The minimum Gasteiger partial charge on any atom is -0.376 e. The summed E-state index contributed by atoms with van der Waals surface area (Å²) in [7, 11) is 0. The maximum absolute atomic E-state index is 11.7. The second kappa shape index (κ2) is 5.88. The number of hydrogen-bond donors (Lipinski definition) is 2. The minimum atomic E-state index is -0.171. The molecule has 5 nitrogen and oxygen atoms in total. The molecule has 0 saturated carbocycles. The van der Waals surface area contributed by atoms with Gasteiger partial charge in [0, 0.05) is 16.2 Å². The van der Waals surface area contributed by atoms with E-state index >= 15 is 0 Å². The van der Waals surface area contributed by atoms with Gasteiger partial charge in [-0.3, -0.25) is 4.79 Å². The molecule has 2 rings (SSSR count). The van der Waals surface area contributed by atoms with E-state index in [9.17, 15) is 4.79 Å². The van der Waals surface area contributed by atoms with Gasteiger partial charge in [-0.2, -0.15) is 0 Å². The molecule has 19 heavy (non-hydrogen) atoms. The van der Waals surface area contributed by atoms with Gasteiger partial charge in [-0.25, -0.2) is 0 Å². The Morgan fingerprint density at radius 2 is 2.16 bits per heavy atom. The molecule has 0 aliphatic carbocycles. The number of aryl methyl sites for hydroxylation is 2. The average Bonchev–Trinajstić information content (AvgIpc) is 2.73. The van der Waals surface area contributed by atoms with Crippen molar-refractivity contribution in [2.45, 2.75) is 13.8 Å². The van der Waals surface area contributed by atoms with E-state index in [0.717, 1.165) is 15.7 Å². The summed E-state index contributed by atoms with van der Waals surface area (Å²) >= 11 is 3.40. The van der Waals surface area contributed by atoms with Crippen molar-refractivity contribution in [1.82, 2.24) is 5.16 Å². The van der Waals surface area contributed by atoms with E-state index in [1.807, 2.05) is 25.1 Å². The fourth-order valence-electron chi connectivity index (χ4n) is 1.61. The first-order valence-electron chi connectivity index (χ1n) is 5.78. The lowest BCUT2D eigenvalue weighted by molar-refractivity contribution is -0.114. The highest BCUT2D eigenvalue weighted by atomic mass is 79.9. The Morgan fingerprint density at radius 3 is 2.79 bits per heavy atom. The van der Waals surface area contributed by atoms with Gasteiger partial charge in [0.15, 0.2) is 5.82 Å². The van der Waals surface area contributed by atoms with Crippen molar-refractivity contribution in [2.24, 2.45) is 0 Å². The normalized spacial score (nSPS) is 10.3. The maximum Gasteiger partial charge on any atom is 0.244 e. The third-order valence-electron chi connectivity index (χ3n) is 2.52. The fourth-order valence-corrected chi connectivity index (χ4v) is 2.09. The van der Waals surface area contributed by atoms with Crippen LogP contribution < -0.4 is 10.6 Å². The number of carbonyl (C=O) groups is 1. The number of aromatic nitrogens is 1. The molecule has 0 fully saturated rings. The Labute approximate surface area is 119 Å². The van der Waals surface area contributed by atoms with Gasteiger partial charge in [-0.1, -0.05) is 21.1 Å². The summed E-state index contributed by atoms with van der Waals surface area (Å²) in [6, 6.07) is 7.51. The molecule has 0 bridgehead atoms. The van der Waals surface area contributed by atoms with Crippen molar-refractivity contribution in [3.63, 3.8) is 0 Å².